The maximum absolute atomic E-state index is 5.60. The zero-order valence-corrected chi connectivity index (χ0v) is 26.0. The summed E-state index contributed by atoms with van der Waals surface area (Å²) in [7, 11) is 0. The van der Waals surface area contributed by atoms with Gasteiger partial charge in [0.2, 0.25) is 0 Å². The Bertz CT molecular complexity index is 382. The van der Waals surface area contributed by atoms with Crippen molar-refractivity contribution in [2.75, 3.05) is 6.61 Å². The zero-order chi connectivity index (χ0) is 26.9. The van der Waals surface area contributed by atoms with E-state index in [1.807, 2.05) is 0 Å². The van der Waals surface area contributed by atoms with Gasteiger partial charge < -0.3 is 14.2 Å². The van der Waals surface area contributed by atoms with Gasteiger partial charge >= 0.3 is 0 Å². The Balaban J connectivity index is 0.000000224. The van der Waals surface area contributed by atoms with Gasteiger partial charge in [0.15, 0.2) is 6.29 Å². The summed E-state index contributed by atoms with van der Waals surface area (Å²) < 4.78 is 16.2. The molecule has 36 heavy (non-hydrogen) atoms. The van der Waals surface area contributed by atoms with Crippen LogP contribution in [0.1, 0.15) is 152 Å². The highest BCUT2D eigenvalue weighted by Crippen LogP contribution is 2.41. The highest BCUT2D eigenvalue weighted by molar-refractivity contribution is 4.80. The lowest BCUT2D eigenvalue weighted by Gasteiger charge is -2.18. The van der Waals surface area contributed by atoms with E-state index in [9.17, 15) is 0 Å². The van der Waals surface area contributed by atoms with Crippen LogP contribution >= 0.6 is 0 Å². The van der Waals surface area contributed by atoms with Crippen molar-refractivity contribution < 1.29 is 14.2 Å². The van der Waals surface area contributed by atoms with E-state index in [-0.39, 0.29) is 6.29 Å². The van der Waals surface area contributed by atoms with Crippen LogP contribution in [0.5, 0.6) is 0 Å². The Hall–Kier alpha value is -0.120. The molecule has 4 saturated heterocycles. The molecule has 3 heteroatoms. The van der Waals surface area contributed by atoms with Crippen LogP contribution in [-0.2, 0) is 14.2 Å². The molecule has 0 radical (unpaired) electrons. The Labute approximate surface area is 227 Å². The van der Waals surface area contributed by atoms with Gasteiger partial charge in [0.25, 0.3) is 0 Å². The normalized spacial score (nSPS) is 33.0. The average Bonchev–Trinajstić information content (AvgIpc) is 3.43. The van der Waals surface area contributed by atoms with Crippen molar-refractivity contribution in [3.05, 3.63) is 0 Å². The maximum Gasteiger partial charge on any atom is 0.158 e. The molecule has 216 valence electrons. The van der Waals surface area contributed by atoms with Crippen LogP contribution in [0, 0.1) is 29.6 Å². The van der Waals surface area contributed by atoms with E-state index < -0.39 is 0 Å². The monoisotopic (exact) mass is 511 g/mol. The highest BCUT2D eigenvalue weighted by atomic mass is 16.7. The molecule has 4 aliphatic heterocycles. The average molecular weight is 511 g/mol. The van der Waals surface area contributed by atoms with Crippen molar-refractivity contribution >= 4 is 0 Å². The van der Waals surface area contributed by atoms with Gasteiger partial charge in [-0.2, -0.15) is 0 Å². The van der Waals surface area contributed by atoms with Gasteiger partial charge in [-0.05, 0) is 87.4 Å². The second-order valence-electron chi connectivity index (χ2n) is 14.0. The Morgan fingerprint density at radius 2 is 0.861 bits per heavy atom. The van der Waals surface area contributed by atoms with Crippen LogP contribution in [0.15, 0.2) is 0 Å². The lowest BCUT2D eigenvalue weighted by atomic mass is 9.89. The summed E-state index contributed by atoms with van der Waals surface area (Å²) in [6, 6.07) is 0. The fourth-order valence-corrected chi connectivity index (χ4v) is 5.50. The predicted octanol–water partition coefficient (Wildman–Crippen LogP) is 10.2. The molecule has 6 bridgehead atoms. The first-order valence-corrected chi connectivity index (χ1v) is 16.0. The molecule has 6 unspecified atom stereocenters. The largest absolute Gasteiger partial charge is 0.375 e. The molecule has 6 atom stereocenters. The van der Waals surface area contributed by atoms with E-state index in [0.29, 0.717) is 18.3 Å². The minimum absolute atomic E-state index is 0.161. The molecule has 4 heterocycles. The molecular formula is C33H66O3. The summed E-state index contributed by atoms with van der Waals surface area (Å²) in [4.78, 5) is 0. The van der Waals surface area contributed by atoms with E-state index in [4.69, 9.17) is 14.2 Å². The molecule has 0 amide bonds. The minimum atomic E-state index is 0.161. The first-order valence-electron chi connectivity index (χ1n) is 16.0. The molecule has 0 aromatic heterocycles. The summed E-state index contributed by atoms with van der Waals surface area (Å²) in [5.41, 5.74) is 0. The van der Waals surface area contributed by atoms with E-state index >= 15 is 0 Å². The molecule has 6 fully saturated rings. The smallest absolute Gasteiger partial charge is 0.158 e. The topological polar surface area (TPSA) is 27.7 Å². The third-order valence-electron chi connectivity index (χ3n) is 6.90. The van der Waals surface area contributed by atoms with Crippen LogP contribution in [0.3, 0.4) is 0 Å². The van der Waals surface area contributed by atoms with Crippen LogP contribution in [-0.4, -0.2) is 31.2 Å². The van der Waals surface area contributed by atoms with Crippen molar-refractivity contribution in [1.29, 1.82) is 0 Å². The van der Waals surface area contributed by atoms with E-state index in [2.05, 4.69) is 62.3 Å². The Morgan fingerprint density at radius 1 is 0.444 bits per heavy atom. The number of rotatable bonds is 0. The minimum Gasteiger partial charge on any atom is -0.375 e. The lowest BCUT2D eigenvalue weighted by Crippen LogP contribution is -2.17. The van der Waals surface area contributed by atoms with Gasteiger partial charge in [-0.25, -0.2) is 0 Å². The summed E-state index contributed by atoms with van der Waals surface area (Å²) in [6.07, 6.45) is 21.6. The van der Waals surface area contributed by atoms with Crippen LogP contribution in [0.2, 0.25) is 0 Å². The molecule has 0 N–H and O–H groups in total. The molecular weight excluding hydrogens is 444 g/mol. The summed E-state index contributed by atoms with van der Waals surface area (Å²) in [5.74, 6) is 4.82. The van der Waals surface area contributed by atoms with Crippen LogP contribution in [0.4, 0.5) is 0 Å². The van der Waals surface area contributed by atoms with E-state index in [0.717, 1.165) is 42.6 Å². The van der Waals surface area contributed by atoms with Crippen molar-refractivity contribution in [3.63, 3.8) is 0 Å². The second-order valence-corrected chi connectivity index (χ2v) is 14.0. The SMILES string of the molecule is C1CC2CCC(C1)C2.C1CC2CCC(C1)O2.C1CC2COC(C1)O2.CC(C)C.CC(C)C.CC(C)C. The lowest BCUT2D eigenvalue weighted by molar-refractivity contribution is -0.0815. The third-order valence-corrected chi connectivity index (χ3v) is 6.90. The molecule has 0 aromatic carbocycles. The van der Waals surface area contributed by atoms with Gasteiger partial charge in [0.1, 0.15) is 0 Å². The zero-order valence-electron chi connectivity index (χ0n) is 26.0. The second kappa shape index (κ2) is 19.9. The van der Waals surface area contributed by atoms with Gasteiger partial charge in [-0.3, -0.25) is 0 Å². The number of hydrogen-bond acceptors (Lipinski definition) is 3. The van der Waals surface area contributed by atoms with Crippen LogP contribution in [0.25, 0.3) is 0 Å². The van der Waals surface area contributed by atoms with Crippen molar-refractivity contribution in [1.82, 2.24) is 0 Å². The molecule has 6 rings (SSSR count). The van der Waals surface area contributed by atoms with Crippen molar-refractivity contribution in [2.24, 2.45) is 29.6 Å². The van der Waals surface area contributed by atoms with Gasteiger partial charge in [-0.15, -0.1) is 0 Å². The quantitative estimate of drug-likeness (QED) is 0.324. The highest BCUT2D eigenvalue weighted by Gasteiger charge is 2.30. The Morgan fingerprint density at radius 3 is 1.25 bits per heavy atom. The molecule has 3 nitrogen and oxygen atoms in total. The fraction of sp³-hybridized carbons (Fsp3) is 1.00. The number of hydrogen-bond donors (Lipinski definition) is 0. The summed E-state index contributed by atoms with van der Waals surface area (Å²) in [5, 5.41) is 0. The number of ether oxygens (including phenoxy) is 3. The third kappa shape index (κ3) is 18.2. The molecule has 0 aromatic rings. The fourth-order valence-electron chi connectivity index (χ4n) is 5.50. The predicted molar refractivity (Wildman–Crippen MR) is 156 cm³/mol. The van der Waals surface area contributed by atoms with Crippen LogP contribution < -0.4 is 0 Å². The molecule has 6 aliphatic rings. The van der Waals surface area contributed by atoms with Crippen molar-refractivity contribution in [3.8, 4) is 0 Å². The standard InChI is InChI=1S/C8H14.C7H12O.C6H10O2.3C4H10/c1-2-7-4-5-8(3-1)6-7;1-2-6-4-5-7(3-1)8-6;1-2-5-4-7-6(3-1)8-5;3*1-4(2)3/h7-8H,1-6H2;6-7H,1-5H2;5-6H,1-4H2;3*4H,1-3H3. The molecule has 2 aliphatic carbocycles. The maximum atomic E-state index is 5.60. The first-order chi connectivity index (χ1) is 17.0. The summed E-state index contributed by atoms with van der Waals surface area (Å²) in [6.45, 7) is 20.3. The molecule has 0 spiro atoms. The van der Waals surface area contributed by atoms with E-state index in [1.165, 1.54) is 51.4 Å². The Kier molecular flexibility index (Phi) is 18.7. The summed E-state index contributed by atoms with van der Waals surface area (Å²) >= 11 is 0. The number of fused-ring (bicyclic) bond motifs is 6. The molecule has 2 saturated carbocycles. The van der Waals surface area contributed by atoms with Gasteiger partial charge in [-0.1, -0.05) is 94.4 Å². The van der Waals surface area contributed by atoms with Gasteiger partial charge in [0, 0.05) is 0 Å². The van der Waals surface area contributed by atoms with Crippen molar-refractivity contribution in [2.45, 2.75) is 177 Å². The van der Waals surface area contributed by atoms with Gasteiger partial charge in [0.05, 0.1) is 24.9 Å². The first kappa shape index (κ1) is 33.9. The van der Waals surface area contributed by atoms with E-state index in [1.54, 1.807) is 32.1 Å².